The Morgan fingerprint density at radius 3 is 2.55 bits per heavy atom. The molecule has 1 aliphatic rings. The molecule has 1 unspecified atom stereocenters. The van der Waals surface area contributed by atoms with Crippen molar-refractivity contribution < 1.29 is 14.7 Å². The lowest BCUT2D eigenvalue weighted by atomic mass is 10.1. The van der Waals surface area contributed by atoms with Crippen molar-refractivity contribution in [2.24, 2.45) is 0 Å². The highest BCUT2D eigenvalue weighted by molar-refractivity contribution is 5.99. The van der Waals surface area contributed by atoms with Gasteiger partial charge in [0, 0.05) is 13.1 Å². The van der Waals surface area contributed by atoms with Crippen molar-refractivity contribution >= 4 is 11.8 Å². The number of nitrogens with zero attached hydrogens (tertiary/aromatic N) is 1. The monoisotopic (exact) mass is 276 g/mol. The summed E-state index contributed by atoms with van der Waals surface area (Å²) in [5, 5.41) is 12.4. The third-order valence-corrected chi connectivity index (χ3v) is 3.53. The van der Waals surface area contributed by atoms with E-state index in [2.05, 4.69) is 5.32 Å². The molecule has 1 aromatic rings. The predicted molar refractivity (Wildman–Crippen MR) is 75.6 cm³/mol. The number of aromatic hydroxyl groups is 1. The molecule has 2 amide bonds. The Morgan fingerprint density at radius 1 is 1.30 bits per heavy atom. The molecule has 0 aliphatic carbocycles. The van der Waals surface area contributed by atoms with Gasteiger partial charge in [0.2, 0.25) is 5.91 Å². The number of phenols is 1. The fourth-order valence-electron chi connectivity index (χ4n) is 2.38. The second-order valence-corrected chi connectivity index (χ2v) is 5.25. The van der Waals surface area contributed by atoms with Gasteiger partial charge < -0.3 is 15.3 Å². The van der Waals surface area contributed by atoms with Crippen LogP contribution in [0.25, 0.3) is 0 Å². The number of nitrogens with one attached hydrogen (secondary N) is 1. The molecule has 1 atom stereocenters. The van der Waals surface area contributed by atoms with Gasteiger partial charge in [-0.3, -0.25) is 9.59 Å². The summed E-state index contributed by atoms with van der Waals surface area (Å²) in [6.45, 7) is 5.02. The normalized spacial score (nSPS) is 16.0. The number of hydrogen-bond donors (Lipinski definition) is 2. The first kappa shape index (κ1) is 14.4. The van der Waals surface area contributed by atoms with Crippen molar-refractivity contribution in [1.29, 1.82) is 0 Å². The second kappa shape index (κ2) is 5.94. The van der Waals surface area contributed by atoms with Gasteiger partial charge in [0.05, 0.1) is 5.56 Å². The molecule has 5 heteroatoms. The van der Waals surface area contributed by atoms with Crippen molar-refractivity contribution in [3.05, 3.63) is 29.3 Å². The zero-order chi connectivity index (χ0) is 14.7. The van der Waals surface area contributed by atoms with Gasteiger partial charge in [-0.05, 0) is 44.4 Å². The molecule has 2 rings (SSSR count). The van der Waals surface area contributed by atoms with E-state index in [-0.39, 0.29) is 17.2 Å². The topological polar surface area (TPSA) is 69.6 Å². The molecule has 1 fully saturated rings. The van der Waals surface area contributed by atoms with E-state index in [0.717, 1.165) is 31.5 Å². The maximum atomic E-state index is 12.1. The Morgan fingerprint density at radius 2 is 1.95 bits per heavy atom. The number of likely N-dealkylation sites (tertiary alicyclic amines) is 1. The molecule has 0 radical (unpaired) electrons. The van der Waals surface area contributed by atoms with Gasteiger partial charge in [0.15, 0.2) is 0 Å². The van der Waals surface area contributed by atoms with Crippen molar-refractivity contribution in [2.75, 3.05) is 13.1 Å². The minimum absolute atomic E-state index is 0.0664. The number of phenolic OH excluding ortho intramolecular Hbond substituents is 1. The van der Waals surface area contributed by atoms with E-state index in [1.54, 1.807) is 24.0 Å². The van der Waals surface area contributed by atoms with Crippen LogP contribution in [0, 0.1) is 6.92 Å². The molecule has 108 valence electrons. The van der Waals surface area contributed by atoms with Crippen LogP contribution in [0.15, 0.2) is 18.2 Å². The van der Waals surface area contributed by atoms with Crippen LogP contribution in [-0.4, -0.2) is 41.0 Å². The summed E-state index contributed by atoms with van der Waals surface area (Å²) in [6.07, 6.45) is 2.04. The summed E-state index contributed by atoms with van der Waals surface area (Å²) in [4.78, 5) is 25.9. The molecule has 0 bridgehead atoms. The van der Waals surface area contributed by atoms with E-state index in [1.807, 2.05) is 6.92 Å². The first-order chi connectivity index (χ1) is 9.49. The molecule has 0 saturated carbocycles. The van der Waals surface area contributed by atoms with Gasteiger partial charge >= 0.3 is 0 Å². The van der Waals surface area contributed by atoms with Gasteiger partial charge in [-0.1, -0.05) is 6.07 Å². The van der Waals surface area contributed by atoms with Crippen LogP contribution < -0.4 is 5.32 Å². The van der Waals surface area contributed by atoms with Crippen molar-refractivity contribution in [3.8, 4) is 5.75 Å². The van der Waals surface area contributed by atoms with E-state index in [0.29, 0.717) is 0 Å². The predicted octanol–water partition coefficient (Wildman–Crippen LogP) is 1.44. The SMILES string of the molecule is Cc1ccc(C(=O)NC(C)C(=O)N2CCCC2)c(O)c1. The average Bonchev–Trinajstić information content (AvgIpc) is 2.91. The van der Waals surface area contributed by atoms with Crippen LogP contribution in [0.1, 0.15) is 35.7 Å². The van der Waals surface area contributed by atoms with Crippen molar-refractivity contribution in [3.63, 3.8) is 0 Å². The zero-order valence-corrected chi connectivity index (χ0v) is 11.8. The number of rotatable bonds is 3. The van der Waals surface area contributed by atoms with E-state index >= 15 is 0 Å². The lowest BCUT2D eigenvalue weighted by Crippen LogP contribution is -2.45. The number of carbonyl (C=O) groups is 2. The standard InChI is InChI=1S/C15H20N2O3/c1-10-5-6-12(13(18)9-10)14(19)16-11(2)15(20)17-7-3-4-8-17/h5-6,9,11,18H,3-4,7-8H2,1-2H3,(H,16,19). The van der Waals surface area contributed by atoms with E-state index < -0.39 is 11.9 Å². The third kappa shape index (κ3) is 3.10. The van der Waals surface area contributed by atoms with Crippen molar-refractivity contribution in [2.45, 2.75) is 32.7 Å². The lowest BCUT2D eigenvalue weighted by molar-refractivity contribution is -0.131. The fraction of sp³-hybridized carbons (Fsp3) is 0.467. The smallest absolute Gasteiger partial charge is 0.255 e. The third-order valence-electron chi connectivity index (χ3n) is 3.53. The number of benzene rings is 1. The molecule has 20 heavy (non-hydrogen) atoms. The second-order valence-electron chi connectivity index (χ2n) is 5.25. The van der Waals surface area contributed by atoms with Crippen LogP contribution in [0.4, 0.5) is 0 Å². The molecular formula is C15H20N2O3. The van der Waals surface area contributed by atoms with Gasteiger partial charge in [-0.15, -0.1) is 0 Å². The molecule has 1 aliphatic heterocycles. The van der Waals surface area contributed by atoms with E-state index in [4.69, 9.17) is 0 Å². The Labute approximate surface area is 118 Å². The largest absolute Gasteiger partial charge is 0.507 e. The molecular weight excluding hydrogens is 256 g/mol. The summed E-state index contributed by atoms with van der Waals surface area (Å²) in [5.41, 5.74) is 1.07. The van der Waals surface area contributed by atoms with E-state index in [1.165, 1.54) is 6.07 Å². The fourth-order valence-corrected chi connectivity index (χ4v) is 2.38. The highest BCUT2D eigenvalue weighted by atomic mass is 16.3. The Kier molecular flexibility index (Phi) is 4.27. The Bertz CT molecular complexity index is 522. The highest BCUT2D eigenvalue weighted by Gasteiger charge is 2.25. The van der Waals surface area contributed by atoms with Gasteiger partial charge in [0.1, 0.15) is 11.8 Å². The summed E-state index contributed by atoms with van der Waals surface area (Å²) in [7, 11) is 0. The molecule has 2 N–H and O–H groups in total. The maximum Gasteiger partial charge on any atom is 0.255 e. The van der Waals surface area contributed by atoms with Crippen LogP contribution in [0.5, 0.6) is 5.75 Å². The van der Waals surface area contributed by atoms with Crippen LogP contribution in [0.3, 0.4) is 0 Å². The minimum Gasteiger partial charge on any atom is -0.507 e. The number of amides is 2. The van der Waals surface area contributed by atoms with Gasteiger partial charge in [-0.2, -0.15) is 0 Å². The lowest BCUT2D eigenvalue weighted by Gasteiger charge is -2.21. The van der Waals surface area contributed by atoms with Crippen molar-refractivity contribution in [1.82, 2.24) is 10.2 Å². The average molecular weight is 276 g/mol. The quantitative estimate of drug-likeness (QED) is 0.877. The van der Waals surface area contributed by atoms with Gasteiger partial charge in [-0.25, -0.2) is 0 Å². The number of aryl methyl sites for hydroxylation is 1. The number of hydrogen-bond acceptors (Lipinski definition) is 3. The molecule has 0 aromatic heterocycles. The molecule has 1 heterocycles. The van der Waals surface area contributed by atoms with Crippen LogP contribution in [0.2, 0.25) is 0 Å². The first-order valence-corrected chi connectivity index (χ1v) is 6.88. The maximum absolute atomic E-state index is 12.1. The molecule has 5 nitrogen and oxygen atoms in total. The summed E-state index contributed by atoms with van der Waals surface area (Å²) < 4.78 is 0. The van der Waals surface area contributed by atoms with E-state index in [9.17, 15) is 14.7 Å². The zero-order valence-electron chi connectivity index (χ0n) is 11.8. The summed E-state index contributed by atoms with van der Waals surface area (Å²) in [6, 6.07) is 4.26. The number of carbonyl (C=O) groups excluding carboxylic acids is 2. The first-order valence-electron chi connectivity index (χ1n) is 6.88. The molecule has 1 saturated heterocycles. The minimum atomic E-state index is -0.582. The van der Waals surface area contributed by atoms with Crippen LogP contribution in [-0.2, 0) is 4.79 Å². The summed E-state index contributed by atoms with van der Waals surface area (Å²) in [5.74, 6) is -0.562. The summed E-state index contributed by atoms with van der Waals surface area (Å²) >= 11 is 0. The van der Waals surface area contributed by atoms with Crippen LogP contribution >= 0.6 is 0 Å². The Balaban J connectivity index is 2.01. The Hall–Kier alpha value is -2.04. The molecule has 1 aromatic carbocycles. The highest BCUT2D eigenvalue weighted by Crippen LogP contribution is 2.18. The molecule has 0 spiro atoms. The van der Waals surface area contributed by atoms with Gasteiger partial charge in [0.25, 0.3) is 5.91 Å².